The molecule has 0 aliphatic carbocycles. The zero-order valence-corrected chi connectivity index (χ0v) is 15.4. The molecular formula is C17H29N3O5. The van der Waals surface area contributed by atoms with E-state index in [-0.39, 0.29) is 24.5 Å². The van der Waals surface area contributed by atoms with Crippen LogP contribution >= 0.6 is 0 Å². The van der Waals surface area contributed by atoms with Crippen LogP contribution in [0.3, 0.4) is 0 Å². The van der Waals surface area contributed by atoms with Gasteiger partial charge >= 0.3 is 5.97 Å². The van der Waals surface area contributed by atoms with Crippen molar-refractivity contribution in [3.05, 3.63) is 0 Å². The van der Waals surface area contributed by atoms with Crippen molar-refractivity contribution < 1.29 is 24.2 Å². The number of carboxylic acid groups (broad SMARTS) is 1. The lowest BCUT2D eigenvalue weighted by Crippen LogP contribution is -2.60. The van der Waals surface area contributed by atoms with Gasteiger partial charge in [0.1, 0.15) is 12.1 Å². The van der Waals surface area contributed by atoms with E-state index in [2.05, 4.69) is 5.32 Å². The fourth-order valence-corrected chi connectivity index (χ4v) is 3.63. The topological polar surface area (TPSA) is 99.2 Å². The van der Waals surface area contributed by atoms with Crippen molar-refractivity contribution >= 4 is 17.8 Å². The Kier molecular flexibility index (Phi) is 6.05. The fraction of sp³-hybridized carbons (Fsp3) is 0.824. The molecule has 0 aromatic heterocycles. The maximum Gasteiger partial charge on any atom is 0.323 e. The Balaban J connectivity index is 1.95. The number of carboxylic acids is 1. The average Bonchev–Trinajstić information content (AvgIpc) is 2.95. The molecule has 8 nitrogen and oxygen atoms in total. The van der Waals surface area contributed by atoms with Crippen LogP contribution in [0.15, 0.2) is 0 Å². The summed E-state index contributed by atoms with van der Waals surface area (Å²) in [5, 5.41) is 12.3. The summed E-state index contributed by atoms with van der Waals surface area (Å²) in [6.07, 6.45) is 1.49. The molecule has 2 rings (SSSR count). The standard InChI is InChI=1S/C17H29N3O5/c1-11(18-15(22)13-6-5-7-20(13)12(2)21)8-19-10-17(3,4)25-9-14(19)16(23)24/h11,13-14H,5-10H2,1-4H3,(H,18,22)(H,23,24)/t11-,13?,14?/m0/s1. The molecule has 3 atom stereocenters. The monoisotopic (exact) mass is 355 g/mol. The average molecular weight is 355 g/mol. The van der Waals surface area contributed by atoms with Gasteiger partial charge < -0.3 is 20.1 Å². The number of aliphatic carboxylic acids is 1. The van der Waals surface area contributed by atoms with Crippen LogP contribution in [0, 0.1) is 0 Å². The zero-order valence-electron chi connectivity index (χ0n) is 15.4. The van der Waals surface area contributed by atoms with E-state index in [1.54, 1.807) is 4.90 Å². The van der Waals surface area contributed by atoms with Crippen molar-refractivity contribution in [1.29, 1.82) is 0 Å². The predicted molar refractivity (Wildman–Crippen MR) is 91.0 cm³/mol. The Morgan fingerprint density at radius 2 is 2.00 bits per heavy atom. The molecule has 2 N–H and O–H groups in total. The van der Waals surface area contributed by atoms with Gasteiger partial charge in [0.25, 0.3) is 0 Å². The number of nitrogens with one attached hydrogen (secondary N) is 1. The van der Waals surface area contributed by atoms with Crippen molar-refractivity contribution in [3.8, 4) is 0 Å². The van der Waals surface area contributed by atoms with Gasteiger partial charge in [-0.2, -0.15) is 0 Å². The van der Waals surface area contributed by atoms with Crippen LogP contribution < -0.4 is 5.32 Å². The second-order valence-electron chi connectivity index (χ2n) is 7.63. The Hall–Kier alpha value is -1.67. The molecule has 2 heterocycles. The Morgan fingerprint density at radius 1 is 1.32 bits per heavy atom. The number of nitrogens with zero attached hydrogens (tertiary/aromatic N) is 2. The summed E-state index contributed by atoms with van der Waals surface area (Å²) in [6.45, 7) is 8.81. The number of hydrogen-bond donors (Lipinski definition) is 2. The van der Waals surface area contributed by atoms with E-state index in [1.807, 2.05) is 25.7 Å². The molecule has 0 saturated carbocycles. The van der Waals surface area contributed by atoms with Gasteiger partial charge in [-0.25, -0.2) is 0 Å². The first kappa shape index (κ1) is 19.7. The molecule has 0 aromatic carbocycles. The second kappa shape index (κ2) is 7.70. The maximum atomic E-state index is 12.5. The Morgan fingerprint density at radius 3 is 2.60 bits per heavy atom. The lowest BCUT2D eigenvalue weighted by Gasteiger charge is -2.43. The molecule has 2 unspecified atom stereocenters. The van der Waals surface area contributed by atoms with Crippen molar-refractivity contribution in [1.82, 2.24) is 15.1 Å². The summed E-state index contributed by atoms with van der Waals surface area (Å²) in [4.78, 5) is 39.0. The minimum absolute atomic E-state index is 0.0915. The second-order valence-corrected chi connectivity index (χ2v) is 7.63. The number of morpholine rings is 1. The van der Waals surface area contributed by atoms with E-state index in [1.165, 1.54) is 6.92 Å². The van der Waals surface area contributed by atoms with Crippen LogP contribution in [0.5, 0.6) is 0 Å². The highest BCUT2D eigenvalue weighted by Gasteiger charge is 2.39. The molecule has 25 heavy (non-hydrogen) atoms. The summed E-state index contributed by atoms with van der Waals surface area (Å²) >= 11 is 0. The van der Waals surface area contributed by atoms with Crippen molar-refractivity contribution in [2.75, 3.05) is 26.2 Å². The summed E-state index contributed by atoms with van der Waals surface area (Å²) in [5.41, 5.74) is -0.424. The van der Waals surface area contributed by atoms with E-state index in [4.69, 9.17) is 4.74 Å². The number of carbonyl (C=O) groups excluding carboxylic acids is 2. The third-order valence-electron chi connectivity index (χ3n) is 4.80. The molecule has 8 heteroatoms. The number of hydrogen-bond acceptors (Lipinski definition) is 5. The molecule has 2 saturated heterocycles. The van der Waals surface area contributed by atoms with Gasteiger partial charge in [0.05, 0.1) is 12.2 Å². The zero-order chi connectivity index (χ0) is 18.8. The van der Waals surface area contributed by atoms with Crippen LogP contribution in [-0.4, -0.2) is 82.7 Å². The largest absolute Gasteiger partial charge is 0.480 e. The van der Waals surface area contributed by atoms with E-state index in [0.717, 1.165) is 6.42 Å². The molecule has 2 aliphatic rings. The fourth-order valence-electron chi connectivity index (χ4n) is 3.63. The minimum Gasteiger partial charge on any atom is -0.480 e. The van der Waals surface area contributed by atoms with Crippen LogP contribution in [0.2, 0.25) is 0 Å². The van der Waals surface area contributed by atoms with Crippen molar-refractivity contribution in [3.63, 3.8) is 0 Å². The van der Waals surface area contributed by atoms with E-state index in [9.17, 15) is 19.5 Å². The number of amides is 2. The van der Waals surface area contributed by atoms with Crippen molar-refractivity contribution in [2.45, 2.75) is 64.3 Å². The van der Waals surface area contributed by atoms with Crippen LogP contribution in [-0.2, 0) is 19.1 Å². The Labute approximate surface area is 148 Å². The lowest BCUT2D eigenvalue weighted by atomic mass is 10.0. The molecule has 0 spiro atoms. The number of likely N-dealkylation sites (tertiary alicyclic amines) is 1. The Bertz CT molecular complexity index is 536. The number of ether oxygens (including phenoxy) is 1. The SMILES string of the molecule is CC(=O)N1CCCC1C(=O)N[C@@H](C)CN1CC(C)(C)OCC1C(=O)O. The third-order valence-corrected chi connectivity index (χ3v) is 4.80. The highest BCUT2D eigenvalue weighted by atomic mass is 16.5. The van der Waals surface area contributed by atoms with Gasteiger partial charge in [0, 0.05) is 32.6 Å². The van der Waals surface area contributed by atoms with E-state index < -0.39 is 23.7 Å². The number of rotatable bonds is 5. The van der Waals surface area contributed by atoms with Gasteiger partial charge in [0.2, 0.25) is 11.8 Å². The first-order valence-electron chi connectivity index (χ1n) is 8.79. The molecule has 2 aliphatic heterocycles. The summed E-state index contributed by atoms with van der Waals surface area (Å²) in [5.74, 6) is -1.18. The van der Waals surface area contributed by atoms with Gasteiger partial charge in [-0.15, -0.1) is 0 Å². The molecule has 2 amide bonds. The van der Waals surface area contributed by atoms with Gasteiger partial charge in [-0.05, 0) is 33.6 Å². The number of carbonyl (C=O) groups is 3. The molecule has 142 valence electrons. The lowest BCUT2D eigenvalue weighted by molar-refractivity contribution is -0.162. The predicted octanol–water partition coefficient (Wildman–Crippen LogP) is 0.0660. The smallest absolute Gasteiger partial charge is 0.323 e. The first-order chi connectivity index (χ1) is 11.6. The third kappa shape index (κ3) is 4.92. The molecule has 2 fully saturated rings. The van der Waals surface area contributed by atoms with Gasteiger partial charge in [-0.3, -0.25) is 19.3 Å². The highest BCUT2D eigenvalue weighted by Crippen LogP contribution is 2.21. The minimum atomic E-state index is -0.924. The van der Waals surface area contributed by atoms with Gasteiger partial charge in [0.15, 0.2) is 0 Å². The first-order valence-corrected chi connectivity index (χ1v) is 8.79. The normalized spacial score (nSPS) is 27.8. The molecular weight excluding hydrogens is 326 g/mol. The van der Waals surface area contributed by atoms with Crippen LogP contribution in [0.25, 0.3) is 0 Å². The maximum absolute atomic E-state index is 12.5. The quantitative estimate of drug-likeness (QED) is 0.724. The van der Waals surface area contributed by atoms with E-state index in [0.29, 0.717) is 26.1 Å². The van der Waals surface area contributed by atoms with Crippen molar-refractivity contribution in [2.24, 2.45) is 0 Å². The summed E-state index contributed by atoms with van der Waals surface area (Å²) < 4.78 is 5.60. The molecule has 0 bridgehead atoms. The summed E-state index contributed by atoms with van der Waals surface area (Å²) in [6, 6.07) is -1.36. The summed E-state index contributed by atoms with van der Waals surface area (Å²) in [7, 11) is 0. The van der Waals surface area contributed by atoms with Crippen LogP contribution in [0.4, 0.5) is 0 Å². The van der Waals surface area contributed by atoms with Gasteiger partial charge in [-0.1, -0.05) is 0 Å². The highest BCUT2D eigenvalue weighted by molar-refractivity contribution is 5.87. The van der Waals surface area contributed by atoms with Crippen LogP contribution in [0.1, 0.15) is 40.5 Å². The van der Waals surface area contributed by atoms with E-state index >= 15 is 0 Å². The molecule has 0 aromatic rings. The molecule has 0 radical (unpaired) electrons.